The lowest BCUT2D eigenvalue weighted by molar-refractivity contribution is 0.0663. The fourth-order valence-corrected chi connectivity index (χ4v) is 2.56. The first-order valence-electron chi connectivity index (χ1n) is 7.79. The second-order valence-electron chi connectivity index (χ2n) is 5.54. The van der Waals surface area contributed by atoms with E-state index in [2.05, 4.69) is 9.88 Å². The molecule has 0 aliphatic carbocycles. The Hall–Kier alpha value is -1.95. The maximum Gasteiger partial charge on any atom is 0.255 e. The minimum absolute atomic E-state index is 0.0465. The Morgan fingerprint density at radius 2 is 1.68 bits per heavy atom. The van der Waals surface area contributed by atoms with Crippen LogP contribution in [0, 0.1) is 0 Å². The highest BCUT2D eigenvalue weighted by Crippen LogP contribution is 2.11. The summed E-state index contributed by atoms with van der Waals surface area (Å²) in [7, 11) is 2.05. The SMILES string of the molecule is CCN(CC)C(=O)c1cncc(C(=O)N2CCN(C)CC2)c1. The zero-order valence-corrected chi connectivity index (χ0v) is 13.6. The van der Waals surface area contributed by atoms with Crippen molar-refractivity contribution in [3.8, 4) is 0 Å². The van der Waals surface area contributed by atoms with Gasteiger partial charge in [0, 0.05) is 51.7 Å². The lowest BCUT2D eigenvalue weighted by Crippen LogP contribution is -2.47. The number of pyridine rings is 1. The summed E-state index contributed by atoms with van der Waals surface area (Å²) >= 11 is 0. The summed E-state index contributed by atoms with van der Waals surface area (Å²) in [5.74, 6) is -0.125. The van der Waals surface area contributed by atoms with Gasteiger partial charge in [-0.15, -0.1) is 0 Å². The van der Waals surface area contributed by atoms with Crippen LogP contribution in [0.25, 0.3) is 0 Å². The van der Waals surface area contributed by atoms with Gasteiger partial charge in [-0.05, 0) is 27.0 Å². The average molecular weight is 304 g/mol. The molecule has 1 aromatic rings. The molecule has 0 saturated carbocycles. The summed E-state index contributed by atoms with van der Waals surface area (Å²) in [4.78, 5) is 34.7. The number of likely N-dealkylation sites (N-methyl/N-ethyl adjacent to an activating group) is 1. The van der Waals surface area contributed by atoms with Crippen LogP contribution in [0.15, 0.2) is 18.5 Å². The monoisotopic (exact) mass is 304 g/mol. The summed E-state index contributed by atoms with van der Waals surface area (Å²) in [5.41, 5.74) is 0.964. The Morgan fingerprint density at radius 3 is 2.27 bits per heavy atom. The average Bonchev–Trinajstić information content (AvgIpc) is 2.56. The molecule has 6 heteroatoms. The normalized spacial score (nSPS) is 15.7. The number of carbonyl (C=O) groups excluding carboxylic acids is 2. The third-order valence-electron chi connectivity index (χ3n) is 4.07. The first-order chi connectivity index (χ1) is 10.6. The van der Waals surface area contributed by atoms with Gasteiger partial charge in [-0.1, -0.05) is 0 Å². The Balaban J connectivity index is 2.14. The Kier molecular flexibility index (Phi) is 5.49. The van der Waals surface area contributed by atoms with Crippen molar-refractivity contribution < 1.29 is 9.59 Å². The molecule has 0 bridgehead atoms. The van der Waals surface area contributed by atoms with E-state index < -0.39 is 0 Å². The molecule has 0 spiro atoms. The van der Waals surface area contributed by atoms with Crippen LogP contribution >= 0.6 is 0 Å². The van der Waals surface area contributed by atoms with Crippen LogP contribution in [0.4, 0.5) is 0 Å². The molecule has 0 radical (unpaired) electrons. The fraction of sp³-hybridized carbons (Fsp3) is 0.562. The van der Waals surface area contributed by atoms with Crippen LogP contribution in [-0.4, -0.2) is 77.8 Å². The molecule has 0 atom stereocenters. The van der Waals surface area contributed by atoms with E-state index in [1.165, 1.54) is 6.20 Å². The van der Waals surface area contributed by atoms with Crippen molar-refractivity contribution in [1.82, 2.24) is 19.7 Å². The zero-order valence-electron chi connectivity index (χ0n) is 13.6. The summed E-state index contributed by atoms with van der Waals surface area (Å²) in [6.45, 7) is 8.33. The van der Waals surface area contributed by atoms with Gasteiger partial charge in [0.1, 0.15) is 0 Å². The Morgan fingerprint density at radius 1 is 1.09 bits per heavy atom. The van der Waals surface area contributed by atoms with Crippen molar-refractivity contribution in [1.29, 1.82) is 0 Å². The van der Waals surface area contributed by atoms with Crippen LogP contribution in [-0.2, 0) is 0 Å². The minimum atomic E-state index is -0.0782. The molecular weight excluding hydrogens is 280 g/mol. The molecule has 2 amide bonds. The number of nitrogens with zero attached hydrogens (tertiary/aromatic N) is 4. The summed E-state index contributed by atoms with van der Waals surface area (Å²) < 4.78 is 0. The number of rotatable bonds is 4. The van der Waals surface area contributed by atoms with Crippen LogP contribution in [0.5, 0.6) is 0 Å². The number of piperazine rings is 1. The Bertz CT molecular complexity index is 535. The van der Waals surface area contributed by atoms with Crippen molar-refractivity contribution in [2.45, 2.75) is 13.8 Å². The highest BCUT2D eigenvalue weighted by Gasteiger charge is 2.22. The van der Waals surface area contributed by atoms with Crippen LogP contribution in [0.2, 0.25) is 0 Å². The molecule has 1 saturated heterocycles. The largest absolute Gasteiger partial charge is 0.339 e. The molecule has 0 unspecified atom stereocenters. The molecule has 1 aliphatic heterocycles. The predicted octanol–water partition coefficient (Wildman–Crippen LogP) is 0.951. The predicted molar refractivity (Wildman–Crippen MR) is 84.9 cm³/mol. The maximum atomic E-state index is 12.5. The van der Waals surface area contributed by atoms with Gasteiger partial charge in [0.15, 0.2) is 0 Å². The molecule has 22 heavy (non-hydrogen) atoms. The van der Waals surface area contributed by atoms with E-state index in [0.29, 0.717) is 37.3 Å². The Labute approximate surface area is 131 Å². The van der Waals surface area contributed by atoms with Gasteiger partial charge in [-0.2, -0.15) is 0 Å². The van der Waals surface area contributed by atoms with E-state index in [0.717, 1.165) is 13.1 Å². The van der Waals surface area contributed by atoms with E-state index >= 15 is 0 Å². The summed E-state index contributed by atoms with van der Waals surface area (Å²) in [6, 6.07) is 1.66. The molecule has 0 N–H and O–H groups in total. The van der Waals surface area contributed by atoms with Gasteiger partial charge in [0.25, 0.3) is 11.8 Å². The topological polar surface area (TPSA) is 56.8 Å². The van der Waals surface area contributed by atoms with Crippen molar-refractivity contribution in [3.05, 3.63) is 29.6 Å². The third kappa shape index (κ3) is 3.62. The fourth-order valence-electron chi connectivity index (χ4n) is 2.56. The van der Waals surface area contributed by atoms with Crippen molar-refractivity contribution in [2.24, 2.45) is 0 Å². The standard InChI is InChI=1S/C16H24N4O2/c1-4-19(5-2)15(21)13-10-14(12-17-11-13)16(22)20-8-6-18(3)7-9-20/h10-12H,4-9H2,1-3H3. The molecule has 1 aromatic heterocycles. The van der Waals surface area contributed by atoms with Gasteiger partial charge in [-0.3, -0.25) is 14.6 Å². The lowest BCUT2D eigenvalue weighted by atomic mass is 10.1. The quantitative estimate of drug-likeness (QED) is 0.831. The summed E-state index contributed by atoms with van der Waals surface area (Å²) in [6.07, 6.45) is 3.07. The van der Waals surface area contributed by atoms with Crippen LogP contribution in [0.3, 0.4) is 0 Å². The first-order valence-corrected chi connectivity index (χ1v) is 7.79. The third-order valence-corrected chi connectivity index (χ3v) is 4.07. The molecule has 120 valence electrons. The van der Waals surface area contributed by atoms with Crippen molar-refractivity contribution >= 4 is 11.8 Å². The van der Waals surface area contributed by atoms with Crippen LogP contribution in [0.1, 0.15) is 34.6 Å². The molecule has 2 heterocycles. The maximum absolute atomic E-state index is 12.5. The van der Waals surface area contributed by atoms with E-state index in [1.807, 2.05) is 25.8 Å². The number of amides is 2. The van der Waals surface area contributed by atoms with Crippen molar-refractivity contribution in [2.75, 3.05) is 46.3 Å². The molecular formula is C16H24N4O2. The number of carbonyl (C=O) groups is 2. The summed E-state index contributed by atoms with van der Waals surface area (Å²) in [5, 5.41) is 0. The molecule has 6 nitrogen and oxygen atoms in total. The number of hydrogen-bond acceptors (Lipinski definition) is 4. The van der Waals surface area contributed by atoms with Crippen LogP contribution < -0.4 is 0 Å². The van der Waals surface area contributed by atoms with Gasteiger partial charge in [0.2, 0.25) is 0 Å². The molecule has 1 aliphatic rings. The van der Waals surface area contributed by atoms with Gasteiger partial charge in [-0.25, -0.2) is 0 Å². The van der Waals surface area contributed by atoms with E-state index in [1.54, 1.807) is 17.2 Å². The van der Waals surface area contributed by atoms with E-state index in [-0.39, 0.29) is 11.8 Å². The first kappa shape index (κ1) is 16.4. The van der Waals surface area contributed by atoms with Gasteiger partial charge >= 0.3 is 0 Å². The second-order valence-corrected chi connectivity index (χ2v) is 5.54. The number of aromatic nitrogens is 1. The van der Waals surface area contributed by atoms with Gasteiger partial charge in [0.05, 0.1) is 11.1 Å². The highest BCUT2D eigenvalue weighted by atomic mass is 16.2. The smallest absolute Gasteiger partial charge is 0.255 e. The van der Waals surface area contributed by atoms with Crippen molar-refractivity contribution in [3.63, 3.8) is 0 Å². The second kappa shape index (κ2) is 7.35. The molecule has 1 fully saturated rings. The van der Waals surface area contributed by atoms with Gasteiger partial charge < -0.3 is 14.7 Å². The van der Waals surface area contributed by atoms with E-state index in [9.17, 15) is 9.59 Å². The lowest BCUT2D eigenvalue weighted by Gasteiger charge is -2.32. The minimum Gasteiger partial charge on any atom is -0.339 e. The molecule has 2 rings (SSSR count). The molecule has 0 aromatic carbocycles. The van der Waals surface area contributed by atoms with E-state index in [4.69, 9.17) is 0 Å². The number of hydrogen-bond donors (Lipinski definition) is 0. The highest BCUT2D eigenvalue weighted by molar-refractivity contribution is 5.99. The zero-order chi connectivity index (χ0) is 16.1.